The second-order valence-electron chi connectivity index (χ2n) is 6.02. The molecule has 0 unspecified atom stereocenters. The molecule has 1 fully saturated rings. The molecule has 0 aliphatic carbocycles. The normalized spacial score (nSPS) is 13.5. The van der Waals surface area contributed by atoms with E-state index in [1.54, 1.807) is 25.1 Å². The summed E-state index contributed by atoms with van der Waals surface area (Å²) in [5.41, 5.74) is 1.48. The number of carbonyl (C=O) groups is 3. The van der Waals surface area contributed by atoms with Gasteiger partial charge in [-0.1, -0.05) is 6.07 Å². The van der Waals surface area contributed by atoms with Crippen molar-refractivity contribution in [3.63, 3.8) is 0 Å². The van der Waals surface area contributed by atoms with Gasteiger partial charge in [0.25, 0.3) is 11.8 Å². The van der Waals surface area contributed by atoms with Crippen molar-refractivity contribution in [1.82, 2.24) is 14.9 Å². The van der Waals surface area contributed by atoms with Crippen LogP contribution in [0.25, 0.3) is 0 Å². The number of carboxylic acids is 1. The Labute approximate surface area is 149 Å². The van der Waals surface area contributed by atoms with Crippen molar-refractivity contribution in [3.05, 3.63) is 53.1 Å². The molecule has 2 heterocycles. The maximum atomic E-state index is 12.6. The van der Waals surface area contributed by atoms with Crippen molar-refractivity contribution in [1.29, 1.82) is 0 Å². The fourth-order valence-electron chi connectivity index (χ4n) is 2.84. The average Bonchev–Trinajstić information content (AvgIpc) is 3.17. The lowest BCUT2D eigenvalue weighted by atomic mass is 10.1. The van der Waals surface area contributed by atoms with E-state index >= 15 is 0 Å². The van der Waals surface area contributed by atoms with Gasteiger partial charge in [-0.3, -0.25) is 9.59 Å². The minimum atomic E-state index is -1.21. The number of carboxylic acid groups (broad SMARTS) is 1. The molecule has 0 atom stereocenters. The van der Waals surface area contributed by atoms with Gasteiger partial charge in [-0.05, 0) is 37.5 Å². The third-order valence-corrected chi connectivity index (χ3v) is 4.31. The van der Waals surface area contributed by atoms with Crippen LogP contribution in [0.15, 0.2) is 30.6 Å². The van der Waals surface area contributed by atoms with Crippen LogP contribution in [-0.2, 0) is 0 Å². The molecule has 1 aliphatic heterocycles. The number of nitrogens with one attached hydrogen (secondary N) is 1. The first-order chi connectivity index (χ1) is 12.5. The molecule has 1 saturated heterocycles. The Morgan fingerprint density at radius 1 is 1.08 bits per heavy atom. The van der Waals surface area contributed by atoms with Crippen molar-refractivity contribution >= 4 is 23.5 Å². The van der Waals surface area contributed by atoms with Gasteiger partial charge in [0, 0.05) is 24.3 Å². The third-order valence-electron chi connectivity index (χ3n) is 4.31. The van der Waals surface area contributed by atoms with Gasteiger partial charge in [0.2, 0.25) is 0 Å². The molecular formula is C18H18N4O4. The summed E-state index contributed by atoms with van der Waals surface area (Å²) < 4.78 is 0. The first-order valence-corrected chi connectivity index (χ1v) is 8.23. The first-order valence-electron chi connectivity index (χ1n) is 8.23. The number of nitrogens with zero attached hydrogens (tertiary/aromatic N) is 3. The molecule has 1 aromatic carbocycles. The van der Waals surface area contributed by atoms with Crippen molar-refractivity contribution < 1.29 is 19.5 Å². The highest BCUT2D eigenvalue weighted by atomic mass is 16.4. The monoisotopic (exact) mass is 354 g/mol. The SMILES string of the molecule is Cc1c(NC(=O)c2cnc(C(=O)O)cn2)cccc1C(=O)N1CCCC1. The molecule has 3 rings (SSSR count). The zero-order valence-corrected chi connectivity index (χ0v) is 14.2. The van der Waals surface area contributed by atoms with Crippen LogP contribution in [0.3, 0.4) is 0 Å². The van der Waals surface area contributed by atoms with Crippen LogP contribution in [0.5, 0.6) is 0 Å². The zero-order valence-electron chi connectivity index (χ0n) is 14.2. The fourth-order valence-corrected chi connectivity index (χ4v) is 2.84. The molecule has 0 bridgehead atoms. The van der Waals surface area contributed by atoms with E-state index in [9.17, 15) is 14.4 Å². The molecule has 0 spiro atoms. The third kappa shape index (κ3) is 3.53. The van der Waals surface area contributed by atoms with Crippen LogP contribution in [0.2, 0.25) is 0 Å². The highest BCUT2D eigenvalue weighted by molar-refractivity contribution is 6.05. The van der Waals surface area contributed by atoms with E-state index in [-0.39, 0.29) is 17.3 Å². The maximum absolute atomic E-state index is 12.6. The maximum Gasteiger partial charge on any atom is 0.356 e. The molecule has 26 heavy (non-hydrogen) atoms. The number of hydrogen-bond acceptors (Lipinski definition) is 5. The van der Waals surface area contributed by atoms with E-state index in [1.807, 2.05) is 4.90 Å². The second-order valence-corrected chi connectivity index (χ2v) is 6.02. The van der Waals surface area contributed by atoms with Gasteiger partial charge >= 0.3 is 5.97 Å². The summed E-state index contributed by atoms with van der Waals surface area (Å²) in [6, 6.07) is 5.16. The summed E-state index contributed by atoms with van der Waals surface area (Å²) in [5.74, 6) is -1.78. The molecule has 2 amide bonds. The summed E-state index contributed by atoms with van der Waals surface area (Å²) >= 11 is 0. The number of likely N-dealkylation sites (tertiary alicyclic amines) is 1. The van der Waals surface area contributed by atoms with E-state index in [0.717, 1.165) is 38.3 Å². The Hall–Kier alpha value is -3.29. The predicted molar refractivity (Wildman–Crippen MR) is 93.3 cm³/mol. The molecule has 0 radical (unpaired) electrons. The van der Waals surface area contributed by atoms with Gasteiger partial charge in [-0.2, -0.15) is 0 Å². The molecule has 8 nitrogen and oxygen atoms in total. The number of carbonyl (C=O) groups excluding carboxylic acids is 2. The lowest BCUT2D eigenvalue weighted by Gasteiger charge is -2.18. The van der Waals surface area contributed by atoms with Crippen LogP contribution >= 0.6 is 0 Å². The summed E-state index contributed by atoms with van der Waals surface area (Å²) in [6.07, 6.45) is 4.14. The van der Waals surface area contributed by atoms with Gasteiger partial charge in [-0.25, -0.2) is 14.8 Å². The van der Waals surface area contributed by atoms with E-state index < -0.39 is 11.9 Å². The lowest BCUT2D eigenvalue weighted by molar-refractivity contribution is 0.0688. The quantitative estimate of drug-likeness (QED) is 0.868. The highest BCUT2D eigenvalue weighted by Gasteiger charge is 2.22. The van der Waals surface area contributed by atoms with Gasteiger partial charge in [0.15, 0.2) is 5.69 Å². The predicted octanol–water partition coefficient (Wildman–Crippen LogP) is 1.97. The van der Waals surface area contributed by atoms with Gasteiger partial charge in [-0.15, -0.1) is 0 Å². The lowest BCUT2D eigenvalue weighted by Crippen LogP contribution is -2.28. The van der Waals surface area contributed by atoms with Crippen LogP contribution in [0.4, 0.5) is 5.69 Å². The number of hydrogen-bond donors (Lipinski definition) is 2. The zero-order chi connectivity index (χ0) is 18.7. The summed E-state index contributed by atoms with van der Waals surface area (Å²) in [4.78, 5) is 45.0. The average molecular weight is 354 g/mol. The Morgan fingerprint density at radius 2 is 1.73 bits per heavy atom. The Bertz CT molecular complexity index is 858. The standard InChI is InChI=1S/C18H18N4O4/c1-11-12(17(24)22-7-2-3-8-22)5-4-6-13(11)21-16(23)14-9-20-15(10-19-14)18(25)26/h4-6,9-10H,2-3,7-8H2,1H3,(H,21,23)(H,25,26). The van der Waals surface area contributed by atoms with Crippen LogP contribution in [-0.4, -0.2) is 50.8 Å². The van der Waals surface area contributed by atoms with Gasteiger partial charge in [0.1, 0.15) is 5.69 Å². The smallest absolute Gasteiger partial charge is 0.356 e. The van der Waals surface area contributed by atoms with Crippen molar-refractivity contribution in [2.75, 3.05) is 18.4 Å². The minimum absolute atomic E-state index is 0.00864. The minimum Gasteiger partial charge on any atom is -0.476 e. The molecule has 2 aromatic rings. The summed E-state index contributed by atoms with van der Waals surface area (Å²) in [7, 11) is 0. The number of amides is 2. The Kier molecular flexibility index (Phi) is 4.92. The summed E-state index contributed by atoms with van der Waals surface area (Å²) in [6.45, 7) is 3.28. The molecule has 8 heteroatoms. The van der Waals surface area contributed by atoms with Crippen LogP contribution in [0.1, 0.15) is 49.7 Å². The number of rotatable bonds is 4. The van der Waals surface area contributed by atoms with Crippen LogP contribution in [0, 0.1) is 6.92 Å². The molecule has 1 aliphatic rings. The van der Waals surface area contributed by atoms with Crippen LogP contribution < -0.4 is 5.32 Å². The number of aromatic nitrogens is 2. The van der Waals surface area contributed by atoms with Gasteiger partial charge < -0.3 is 15.3 Å². The fraction of sp³-hybridized carbons (Fsp3) is 0.278. The van der Waals surface area contributed by atoms with Gasteiger partial charge in [0.05, 0.1) is 12.4 Å². The van der Waals surface area contributed by atoms with E-state index in [1.165, 1.54) is 0 Å². The highest BCUT2D eigenvalue weighted by Crippen LogP contribution is 2.22. The van der Waals surface area contributed by atoms with Crippen molar-refractivity contribution in [2.24, 2.45) is 0 Å². The first kappa shape index (κ1) is 17.5. The number of anilines is 1. The van der Waals surface area contributed by atoms with E-state index in [4.69, 9.17) is 5.11 Å². The summed E-state index contributed by atoms with van der Waals surface area (Å²) in [5, 5.41) is 11.5. The molecular weight excluding hydrogens is 336 g/mol. The largest absolute Gasteiger partial charge is 0.476 e. The molecule has 2 N–H and O–H groups in total. The Morgan fingerprint density at radius 3 is 2.35 bits per heavy atom. The van der Waals surface area contributed by atoms with Crippen molar-refractivity contribution in [3.8, 4) is 0 Å². The van der Waals surface area contributed by atoms with E-state index in [2.05, 4.69) is 15.3 Å². The number of aromatic carboxylic acids is 1. The molecule has 1 aromatic heterocycles. The topological polar surface area (TPSA) is 112 Å². The van der Waals surface area contributed by atoms with Crippen molar-refractivity contribution in [2.45, 2.75) is 19.8 Å². The van der Waals surface area contributed by atoms with E-state index in [0.29, 0.717) is 16.8 Å². The molecule has 134 valence electrons. The second kappa shape index (κ2) is 7.30. The Balaban J connectivity index is 1.79. The number of benzene rings is 1. The molecule has 0 saturated carbocycles.